The van der Waals surface area contributed by atoms with Gasteiger partial charge in [-0.25, -0.2) is 8.42 Å². The van der Waals surface area contributed by atoms with Crippen LogP contribution in [-0.2, 0) is 21.2 Å². The minimum absolute atomic E-state index is 0.143. The Labute approximate surface area is 159 Å². The van der Waals surface area contributed by atoms with E-state index in [4.69, 9.17) is 11.6 Å². The van der Waals surface area contributed by atoms with Crippen LogP contribution >= 0.6 is 11.6 Å². The van der Waals surface area contributed by atoms with E-state index >= 15 is 0 Å². The van der Waals surface area contributed by atoms with Crippen LogP contribution in [-0.4, -0.2) is 37.8 Å². The van der Waals surface area contributed by atoms with Crippen molar-refractivity contribution in [3.63, 3.8) is 0 Å². The van der Waals surface area contributed by atoms with E-state index in [9.17, 15) is 13.2 Å². The number of halogens is 1. The standard InChI is InChI=1S/C19H21ClN2O3S/c1-3-15-6-4-5-7-18(15)21-12-13-22(14(2)19(21)23)26(24,25)17-10-8-16(20)9-11-17/h4-11,14H,3,12-13H2,1-2H3. The molecule has 1 atom stereocenters. The average Bonchev–Trinajstić information content (AvgIpc) is 2.64. The van der Waals surface area contributed by atoms with Gasteiger partial charge in [-0.3, -0.25) is 4.79 Å². The summed E-state index contributed by atoms with van der Waals surface area (Å²) in [6.07, 6.45) is 0.807. The second-order valence-electron chi connectivity index (χ2n) is 6.22. The maximum atomic E-state index is 12.9. The normalized spacial score (nSPS) is 19.0. The van der Waals surface area contributed by atoms with Crippen LogP contribution in [0.25, 0.3) is 0 Å². The molecule has 138 valence electrons. The minimum Gasteiger partial charge on any atom is -0.309 e. The number of rotatable bonds is 4. The molecule has 0 aromatic heterocycles. The van der Waals surface area contributed by atoms with Crippen molar-refractivity contribution in [2.75, 3.05) is 18.0 Å². The highest BCUT2D eigenvalue weighted by Crippen LogP contribution is 2.28. The summed E-state index contributed by atoms with van der Waals surface area (Å²) in [6.45, 7) is 4.24. The Balaban J connectivity index is 1.89. The molecule has 1 amide bonds. The van der Waals surface area contributed by atoms with Gasteiger partial charge in [-0.05, 0) is 49.2 Å². The van der Waals surface area contributed by atoms with Crippen molar-refractivity contribution in [1.29, 1.82) is 0 Å². The number of nitrogens with zero attached hydrogens (tertiary/aromatic N) is 2. The van der Waals surface area contributed by atoms with Crippen LogP contribution in [0.5, 0.6) is 0 Å². The maximum absolute atomic E-state index is 12.9. The molecule has 0 bridgehead atoms. The van der Waals surface area contributed by atoms with Crippen molar-refractivity contribution in [3.8, 4) is 0 Å². The minimum atomic E-state index is -3.76. The fraction of sp³-hybridized carbons (Fsp3) is 0.316. The summed E-state index contributed by atoms with van der Waals surface area (Å²) in [5.74, 6) is -0.213. The molecule has 2 aromatic carbocycles. The van der Waals surface area contributed by atoms with Gasteiger partial charge in [0.15, 0.2) is 0 Å². The van der Waals surface area contributed by atoms with E-state index in [0.717, 1.165) is 17.7 Å². The summed E-state index contributed by atoms with van der Waals surface area (Å²) in [7, 11) is -3.76. The van der Waals surface area contributed by atoms with E-state index in [1.165, 1.54) is 28.6 Å². The first-order valence-corrected chi connectivity index (χ1v) is 10.3. The highest BCUT2D eigenvalue weighted by Gasteiger charge is 2.39. The summed E-state index contributed by atoms with van der Waals surface area (Å²) in [6, 6.07) is 13.0. The van der Waals surface area contributed by atoms with E-state index in [1.54, 1.807) is 11.8 Å². The van der Waals surface area contributed by atoms with Crippen LogP contribution in [0.1, 0.15) is 19.4 Å². The maximum Gasteiger partial charge on any atom is 0.245 e. The number of anilines is 1. The Morgan fingerprint density at radius 3 is 2.38 bits per heavy atom. The third kappa shape index (κ3) is 3.37. The van der Waals surface area contributed by atoms with Crippen molar-refractivity contribution >= 4 is 33.2 Å². The molecule has 0 saturated carbocycles. The lowest BCUT2D eigenvalue weighted by molar-refractivity contribution is -0.123. The number of hydrogen-bond acceptors (Lipinski definition) is 3. The molecular formula is C19H21ClN2O3S. The Bertz CT molecular complexity index is 913. The van der Waals surface area contributed by atoms with Gasteiger partial charge in [0.25, 0.3) is 0 Å². The molecule has 0 radical (unpaired) electrons. The lowest BCUT2D eigenvalue weighted by Crippen LogP contribution is -2.57. The zero-order chi connectivity index (χ0) is 18.9. The molecule has 1 aliphatic heterocycles. The number of benzene rings is 2. The molecule has 26 heavy (non-hydrogen) atoms. The van der Waals surface area contributed by atoms with Crippen LogP contribution in [0, 0.1) is 0 Å². The summed E-state index contributed by atoms with van der Waals surface area (Å²) in [5.41, 5.74) is 1.93. The van der Waals surface area contributed by atoms with Crippen molar-refractivity contribution < 1.29 is 13.2 Å². The molecule has 1 unspecified atom stereocenters. The van der Waals surface area contributed by atoms with Crippen LogP contribution in [0.2, 0.25) is 5.02 Å². The number of hydrogen-bond donors (Lipinski definition) is 0. The average molecular weight is 393 g/mol. The largest absolute Gasteiger partial charge is 0.309 e. The van der Waals surface area contributed by atoms with Gasteiger partial charge in [-0.2, -0.15) is 4.31 Å². The highest BCUT2D eigenvalue weighted by molar-refractivity contribution is 7.89. The Morgan fingerprint density at radius 1 is 1.08 bits per heavy atom. The van der Waals surface area contributed by atoms with Crippen molar-refractivity contribution in [1.82, 2.24) is 4.31 Å². The van der Waals surface area contributed by atoms with E-state index in [1.807, 2.05) is 31.2 Å². The number of sulfonamides is 1. The molecule has 0 aliphatic carbocycles. The van der Waals surface area contributed by atoms with E-state index < -0.39 is 16.1 Å². The van der Waals surface area contributed by atoms with E-state index in [2.05, 4.69) is 0 Å². The van der Waals surface area contributed by atoms with Gasteiger partial charge in [0.05, 0.1) is 4.90 Å². The molecule has 7 heteroatoms. The lowest BCUT2D eigenvalue weighted by atomic mass is 10.1. The first-order valence-electron chi connectivity index (χ1n) is 8.53. The van der Waals surface area contributed by atoms with Crippen molar-refractivity contribution in [2.45, 2.75) is 31.2 Å². The number of para-hydroxylation sites is 1. The quantitative estimate of drug-likeness (QED) is 0.801. The van der Waals surface area contributed by atoms with Gasteiger partial charge in [0.1, 0.15) is 6.04 Å². The third-order valence-electron chi connectivity index (χ3n) is 4.68. The summed E-state index contributed by atoms with van der Waals surface area (Å²) in [5, 5.41) is 0.467. The molecule has 1 aliphatic rings. The first-order chi connectivity index (χ1) is 12.4. The topological polar surface area (TPSA) is 57.7 Å². The Morgan fingerprint density at radius 2 is 1.73 bits per heavy atom. The predicted molar refractivity (Wildman–Crippen MR) is 103 cm³/mol. The van der Waals surface area contributed by atoms with Gasteiger partial charge >= 0.3 is 0 Å². The summed E-state index contributed by atoms with van der Waals surface area (Å²) < 4.78 is 27.1. The van der Waals surface area contributed by atoms with Gasteiger partial charge in [0.2, 0.25) is 15.9 Å². The zero-order valence-corrected chi connectivity index (χ0v) is 16.3. The number of piperazine rings is 1. The number of aryl methyl sites for hydroxylation is 1. The van der Waals surface area contributed by atoms with Crippen LogP contribution in [0.3, 0.4) is 0 Å². The summed E-state index contributed by atoms with van der Waals surface area (Å²) in [4.78, 5) is 14.8. The van der Waals surface area contributed by atoms with Crippen molar-refractivity contribution in [2.24, 2.45) is 0 Å². The molecule has 1 fully saturated rings. The van der Waals surface area contributed by atoms with Gasteiger partial charge in [0, 0.05) is 23.8 Å². The fourth-order valence-corrected chi connectivity index (χ4v) is 4.94. The molecular weight excluding hydrogens is 372 g/mol. The van der Waals surface area contributed by atoms with E-state index in [0.29, 0.717) is 11.6 Å². The SMILES string of the molecule is CCc1ccccc1N1CCN(S(=O)(=O)c2ccc(Cl)cc2)C(C)C1=O. The molecule has 3 rings (SSSR count). The van der Waals surface area contributed by atoms with Gasteiger partial charge in [-0.1, -0.05) is 36.7 Å². The second kappa shape index (κ2) is 7.39. The van der Waals surface area contributed by atoms with Crippen LogP contribution in [0.4, 0.5) is 5.69 Å². The molecule has 1 heterocycles. The molecule has 5 nitrogen and oxygen atoms in total. The zero-order valence-electron chi connectivity index (χ0n) is 14.7. The lowest BCUT2D eigenvalue weighted by Gasteiger charge is -2.38. The van der Waals surface area contributed by atoms with Crippen LogP contribution in [0.15, 0.2) is 53.4 Å². The monoisotopic (exact) mass is 392 g/mol. The molecule has 0 spiro atoms. The number of carbonyl (C=O) groups is 1. The highest BCUT2D eigenvalue weighted by atomic mass is 35.5. The number of carbonyl (C=O) groups excluding carboxylic acids is 1. The van der Waals surface area contributed by atoms with Gasteiger partial charge < -0.3 is 4.90 Å². The summed E-state index contributed by atoms with van der Waals surface area (Å²) >= 11 is 5.85. The smallest absolute Gasteiger partial charge is 0.245 e. The fourth-order valence-electron chi connectivity index (χ4n) is 3.23. The number of amides is 1. The molecule has 1 saturated heterocycles. The van der Waals surface area contributed by atoms with Crippen molar-refractivity contribution in [3.05, 3.63) is 59.1 Å². The second-order valence-corrected chi connectivity index (χ2v) is 8.54. The van der Waals surface area contributed by atoms with Gasteiger partial charge in [-0.15, -0.1) is 0 Å². The molecule has 0 N–H and O–H groups in total. The van der Waals surface area contributed by atoms with Crippen LogP contribution < -0.4 is 4.90 Å². The predicted octanol–water partition coefficient (Wildman–Crippen LogP) is 3.33. The Hall–Kier alpha value is -1.89. The van der Waals surface area contributed by atoms with E-state index in [-0.39, 0.29) is 17.3 Å². The molecule has 2 aromatic rings. The first kappa shape index (κ1) is 18.9. The third-order valence-corrected chi connectivity index (χ3v) is 6.92. The Kier molecular flexibility index (Phi) is 5.37.